The number of likely N-dealkylation sites (tertiary alicyclic amines) is 1. The first-order chi connectivity index (χ1) is 12.0. The number of benzene rings is 1. The zero-order valence-corrected chi connectivity index (χ0v) is 14.4. The number of hydrogen-bond acceptors (Lipinski definition) is 5. The van der Waals surface area contributed by atoms with Crippen LogP contribution in [0.2, 0.25) is 0 Å². The van der Waals surface area contributed by atoms with Gasteiger partial charge in [-0.3, -0.25) is 14.5 Å². The number of carbonyl (C=O) groups is 2. The molecule has 1 aliphatic carbocycles. The Morgan fingerprint density at radius 3 is 2.52 bits per heavy atom. The van der Waals surface area contributed by atoms with E-state index in [4.69, 9.17) is 4.74 Å². The van der Waals surface area contributed by atoms with Crippen LogP contribution >= 0.6 is 0 Å². The van der Waals surface area contributed by atoms with Crippen molar-refractivity contribution in [2.75, 3.05) is 27.4 Å². The van der Waals surface area contributed by atoms with Crippen molar-refractivity contribution in [1.29, 1.82) is 0 Å². The highest BCUT2D eigenvalue weighted by Crippen LogP contribution is 2.47. The number of amides is 2. The molecule has 3 rings (SSSR count). The lowest BCUT2D eigenvalue weighted by molar-refractivity contribution is -0.138. The first kappa shape index (κ1) is 17.8. The van der Waals surface area contributed by atoms with Crippen LogP contribution in [0.3, 0.4) is 0 Å². The topological polar surface area (TPSA) is 87.1 Å². The molecule has 1 heterocycles. The average molecular weight is 345 g/mol. The maximum atomic E-state index is 12.5. The van der Waals surface area contributed by atoms with Gasteiger partial charge >= 0.3 is 0 Å². The second-order valence-corrected chi connectivity index (χ2v) is 6.67. The Morgan fingerprint density at radius 1 is 1.24 bits per heavy atom. The molecule has 6 heteroatoms. The van der Waals surface area contributed by atoms with Crippen molar-refractivity contribution < 1.29 is 24.5 Å². The van der Waals surface area contributed by atoms with Gasteiger partial charge in [-0.25, -0.2) is 0 Å². The Balaban J connectivity index is 2.08. The Labute approximate surface area is 146 Å². The van der Waals surface area contributed by atoms with Crippen molar-refractivity contribution in [2.24, 2.45) is 17.8 Å². The molecule has 0 bridgehead atoms. The predicted octanol–water partition coefficient (Wildman–Crippen LogP) is 0.906. The Bertz CT molecular complexity index is 699. The highest BCUT2D eigenvalue weighted by atomic mass is 16.5. The SMILES string of the molecule is COCC1=C([C@H](O)c2ccccc2)[C@H](CO)[C@@H]2C(=O)N(C)C(=O)[C@@H]2C1. The summed E-state index contributed by atoms with van der Waals surface area (Å²) in [5.74, 6) is -2.23. The largest absolute Gasteiger partial charge is 0.396 e. The minimum Gasteiger partial charge on any atom is -0.396 e. The maximum absolute atomic E-state index is 12.5. The van der Waals surface area contributed by atoms with Crippen molar-refractivity contribution in [1.82, 2.24) is 4.90 Å². The number of aliphatic hydroxyl groups excluding tert-OH is 2. The molecule has 6 nitrogen and oxygen atoms in total. The molecule has 1 saturated heterocycles. The summed E-state index contributed by atoms with van der Waals surface area (Å²) >= 11 is 0. The lowest BCUT2D eigenvalue weighted by Crippen LogP contribution is -2.37. The summed E-state index contributed by atoms with van der Waals surface area (Å²) in [7, 11) is 3.02. The third-order valence-electron chi connectivity index (χ3n) is 5.33. The molecule has 2 N–H and O–H groups in total. The predicted molar refractivity (Wildman–Crippen MR) is 90.3 cm³/mol. The Hall–Kier alpha value is -2.02. The monoisotopic (exact) mass is 345 g/mol. The van der Waals surface area contributed by atoms with Gasteiger partial charge in [0.05, 0.1) is 25.0 Å². The highest BCUT2D eigenvalue weighted by Gasteiger charge is 2.53. The number of rotatable bonds is 5. The number of aliphatic hydroxyl groups is 2. The summed E-state index contributed by atoms with van der Waals surface area (Å²) in [6.07, 6.45) is -0.582. The van der Waals surface area contributed by atoms with E-state index in [0.717, 1.165) is 10.5 Å². The molecule has 0 aromatic heterocycles. The Morgan fingerprint density at radius 2 is 1.92 bits per heavy atom. The molecule has 2 amide bonds. The van der Waals surface area contributed by atoms with Gasteiger partial charge in [0, 0.05) is 20.1 Å². The summed E-state index contributed by atoms with van der Waals surface area (Å²) in [6, 6.07) is 9.11. The standard InChI is InChI=1S/C19H23NO5/c1-20-18(23)13-8-12(10-25-2)15(14(9-21)16(13)19(20)24)17(22)11-6-4-3-5-7-11/h3-7,13-14,16-17,21-22H,8-10H2,1-2H3/t13-,14+,16-,17-/m1/s1. The van der Waals surface area contributed by atoms with E-state index in [-0.39, 0.29) is 25.0 Å². The molecule has 1 aliphatic heterocycles. The lowest BCUT2D eigenvalue weighted by Gasteiger charge is -2.36. The fourth-order valence-electron chi connectivity index (χ4n) is 4.15. The third-order valence-corrected chi connectivity index (χ3v) is 5.33. The van der Waals surface area contributed by atoms with Gasteiger partial charge in [-0.1, -0.05) is 30.3 Å². The molecule has 4 atom stereocenters. The fourth-order valence-corrected chi connectivity index (χ4v) is 4.15. The van der Waals surface area contributed by atoms with Crippen LogP contribution in [0.1, 0.15) is 18.1 Å². The van der Waals surface area contributed by atoms with E-state index < -0.39 is 23.9 Å². The van der Waals surface area contributed by atoms with Gasteiger partial charge in [-0.15, -0.1) is 0 Å². The van der Waals surface area contributed by atoms with Gasteiger partial charge in [0.25, 0.3) is 0 Å². The number of imide groups is 1. The summed E-state index contributed by atoms with van der Waals surface area (Å²) < 4.78 is 5.27. The van der Waals surface area contributed by atoms with Gasteiger partial charge in [-0.2, -0.15) is 0 Å². The number of ether oxygens (including phenoxy) is 1. The van der Waals surface area contributed by atoms with E-state index >= 15 is 0 Å². The van der Waals surface area contributed by atoms with E-state index in [1.165, 1.54) is 7.05 Å². The van der Waals surface area contributed by atoms with E-state index in [2.05, 4.69) is 0 Å². The average Bonchev–Trinajstić information content (AvgIpc) is 2.85. The van der Waals surface area contributed by atoms with Gasteiger partial charge in [-0.05, 0) is 23.1 Å². The van der Waals surface area contributed by atoms with Crippen LogP contribution in [-0.4, -0.2) is 54.3 Å². The lowest BCUT2D eigenvalue weighted by atomic mass is 9.68. The van der Waals surface area contributed by atoms with Gasteiger partial charge in [0.15, 0.2) is 0 Å². The van der Waals surface area contributed by atoms with Crippen LogP contribution in [0, 0.1) is 17.8 Å². The van der Waals surface area contributed by atoms with Crippen LogP contribution < -0.4 is 0 Å². The molecule has 1 fully saturated rings. The zero-order chi connectivity index (χ0) is 18.1. The molecular formula is C19H23NO5. The second kappa shape index (κ2) is 7.07. The van der Waals surface area contributed by atoms with Gasteiger partial charge in [0.1, 0.15) is 6.10 Å². The number of nitrogens with zero attached hydrogens (tertiary/aromatic N) is 1. The molecule has 2 aliphatic rings. The number of fused-ring (bicyclic) bond motifs is 1. The molecule has 1 aromatic rings. The quantitative estimate of drug-likeness (QED) is 0.612. The molecule has 25 heavy (non-hydrogen) atoms. The molecule has 0 radical (unpaired) electrons. The number of methoxy groups -OCH3 is 1. The maximum Gasteiger partial charge on any atom is 0.233 e. The highest BCUT2D eigenvalue weighted by molar-refractivity contribution is 6.05. The first-order valence-electron chi connectivity index (χ1n) is 8.37. The molecule has 0 spiro atoms. The van der Waals surface area contributed by atoms with Crippen LogP contribution in [-0.2, 0) is 14.3 Å². The smallest absolute Gasteiger partial charge is 0.233 e. The molecule has 1 aromatic carbocycles. The van der Waals surface area contributed by atoms with E-state index in [1.807, 2.05) is 18.2 Å². The van der Waals surface area contributed by atoms with Crippen molar-refractivity contribution in [2.45, 2.75) is 12.5 Å². The van der Waals surface area contributed by atoms with Gasteiger partial charge in [0.2, 0.25) is 11.8 Å². The minimum atomic E-state index is -0.946. The van der Waals surface area contributed by atoms with E-state index in [0.29, 0.717) is 17.6 Å². The van der Waals surface area contributed by atoms with Crippen molar-refractivity contribution in [3.63, 3.8) is 0 Å². The number of hydrogen-bond donors (Lipinski definition) is 2. The van der Waals surface area contributed by atoms with Crippen molar-refractivity contribution >= 4 is 11.8 Å². The summed E-state index contributed by atoms with van der Waals surface area (Å²) in [5.41, 5.74) is 2.08. The minimum absolute atomic E-state index is 0.227. The van der Waals surface area contributed by atoms with Crippen LogP contribution in [0.5, 0.6) is 0 Å². The van der Waals surface area contributed by atoms with E-state index in [1.54, 1.807) is 19.2 Å². The van der Waals surface area contributed by atoms with Crippen LogP contribution in [0.4, 0.5) is 0 Å². The molecule has 0 unspecified atom stereocenters. The fraction of sp³-hybridized carbons (Fsp3) is 0.474. The molecule has 134 valence electrons. The van der Waals surface area contributed by atoms with Gasteiger partial charge < -0.3 is 14.9 Å². The molecule has 0 saturated carbocycles. The third kappa shape index (κ3) is 2.90. The summed E-state index contributed by atoms with van der Waals surface area (Å²) in [6.45, 7) is -0.0510. The normalized spacial score (nSPS) is 27.7. The Kier molecular flexibility index (Phi) is 5.03. The zero-order valence-electron chi connectivity index (χ0n) is 14.4. The van der Waals surface area contributed by atoms with E-state index in [9.17, 15) is 19.8 Å². The second-order valence-electron chi connectivity index (χ2n) is 6.67. The van der Waals surface area contributed by atoms with Crippen molar-refractivity contribution in [3.05, 3.63) is 47.0 Å². The summed E-state index contributed by atoms with van der Waals surface area (Å²) in [5, 5.41) is 21.0. The number of carbonyl (C=O) groups excluding carboxylic acids is 2. The summed E-state index contributed by atoms with van der Waals surface area (Å²) in [4.78, 5) is 26.1. The van der Waals surface area contributed by atoms with Crippen molar-refractivity contribution in [3.8, 4) is 0 Å². The van der Waals surface area contributed by atoms with Crippen LogP contribution in [0.25, 0.3) is 0 Å². The van der Waals surface area contributed by atoms with Crippen LogP contribution in [0.15, 0.2) is 41.5 Å². The molecular weight excluding hydrogens is 322 g/mol. The first-order valence-corrected chi connectivity index (χ1v) is 8.37.